The van der Waals surface area contributed by atoms with Crippen LogP contribution in [0.4, 0.5) is 4.39 Å². The molecule has 1 rings (SSSR count). The largest absolute Gasteiger partial charge is 0.504 e. The Kier molecular flexibility index (Phi) is 3.68. The van der Waals surface area contributed by atoms with Gasteiger partial charge in [-0.05, 0) is 13.0 Å². The maximum atomic E-state index is 13.7. The summed E-state index contributed by atoms with van der Waals surface area (Å²) in [4.78, 5) is 10.9. The van der Waals surface area contributed by atoms with E-state index in [1.54, 1.807) is 0 Å². The van der Waals surface area contributed by atoms with Gasteiger partial charge >= 0.3 is 0 Å². The molecule has 0 radical (unpaired) electrons. The molecule has 0 atom stereocenters. The second-order valence-electron chi connectivity index (χ2n) is 3.08. The molecule has 0 bridgehead atoms. The van der Waals surface area contributed by atoms with E-state index in [2.05, 4.69) is 15.9 Å². The standard InChI is InChI=1S/C10H10BrFO3/c1-5(13)3-6-7(11)4-8(14)10(15-2)9(6)12/h4,14H,3H2,1-2H3. The van der Waals surface area contributed by atoms with E-state index in [9.17, 15) is 14.3 Å². The number of hydrogen-bond donors (Lipinski definition) is 1. The van der Waals surface area contributed by atoms with E-state index in [-0.39, 0.29) is 29.3 Å². The first kappa shape index (κ1) is 12.0. The molecule has 1 N–H and O–H groups in total. The number of halogens is 2. The van der Waals surface area contributed by atoms with Crippen LogP contribution < -0.4 is 4.74 Å². The van der Waals surface area contributed by atoms with Crippen molar-refractivity contribution in [1.82, 2.24) is 0 Å². The molecule has 82 valence electrons. The Morgan fingerprint density at radius 1 is 1.67 bits per heavy atom. The van der Waals surface area contributed by atoms with Crippen molar-refractivity contribution in [2.45, 2.75) is 13.3 Å². The molecule has 0 aliphatic heterocycles. The summed E-state index contributed by atoms with van der Waals surface area (Å²) in [7, 11) is 1.25. The number of benzene rings is 1. The number of carbonyl (C=O) groups excluding carboxylic acids is 1. The number of rotatable bonds is 3. The summed E-state index contributed by atoms with van der Waals surface area (Å²) in [6, 6.07) is 1.31. The molecule has 0 unspecified atom stereocenters. The molecule has 0 amide bonds. The van der Waals surface area contributed by atoms with E-state index < -0.39 is 5.82 Å². The summed E-state index contributed by atoms with van der Waals surface area (Å²) in [5, 5.41) is 9.35. The van der Waals surface area contributed by atoms with Gasteiger partial charge in [0.1, 0.15) is 5.78 Å². The zero-order chi connectivity index (χ0) is 11.6. The molecule has 15 heavy (non-hydrogen) atoms. The van der Waals surface area contributed by atoms with Crippen LogP contribution in [-0.2, 0) is 11.2 Å². The van der Waals surface area contributed by atoms with E-state index in [4.69, 9.17) is 4.74 Å². The number of ether oxygens (including phenoxy) is 1. The lowest BCUT2D eigenvalue weighted by atomic mass is 10.1. The van der Waals surface area contributed by atoms with E-state index in [1.165, 1.54) is 20.1 Å². The molecule has 0 saturated carbocycles. The van der Waals surface area contributed by atoms with E-state index in [1.807, 2.05) is 0 Å². The SMILES string of the molecule is COc1c(O)cc(Br)c(CC(C)=O)c1F. The topological polar surface area (TPSA) is 46.5 Å². The number of phenols is 1. The zero-order valence-electron chi connectivity index (χ0n) is 8.30. The van der Waals surface area contributed by atoms with Crippen molar-refractivity contribution in [3.63, 3.8) is 0 Å². The van der Waals surface area contributed by atoms with Gasteiger partial charge in [-0.3, -0.25) is 4.79 Å². The Labute approximate surface area is 95.0 Å². The highest BCUT2D eigenvalue weighted by molar-refractivity contribution is 9.10. The number of aromatic hydroxyl groups is 1. The first-order valence-corrected chi connectivity index (χ1v) is 5.00. The highest BCUT2D eigenvalue weighted by atomic mass is 79.9. The van der Waals surface area contributed by atoms with Crippen LogP contribution in [0.15, 0.2) is 10.5 Å². The lowest BCUT2D eigenvalue weighted by Crippen LogP contribution is -2.02. The molecule has 1 aromatic carbocycles. The van der Waals surface area contributed by atoms with Crippen LogP contribution in [0.2, 0.25) is 0 Å². The van der Waals surface area contributed by atoms with Crippen LogP contribution in [0, 0.1) is 5.82 Å². The molecular formula is C10H10BrFO3. The number of methoxy groups -OCH3 is 1. The summed E-state index contributed by atoms with van der Waals surface area (Å²) >= 11 is 3.08. The van der Waals surface area contributed by atoms with Crippen LogP contribution in [-0.4, -0.2) is 18.0 Å². The molecule has 0 saturated heterocycles. The highest BCUT2D eigenvalue weighted by Gasteiger charge is 2.18. The van der Waals surface area contributed by atoms with Gasteiger partial charge in [-0.15, -0.1) is 0 Å². The van der Waals surface area contributed by atoms with Crippen molar-refractivity contribution in [2.75, 3.05) is 7.11 Å². The van der Waals surface area contributed by atoms with Crippen LogP contribution in [0.25, 0.3) is 0 Å². The number of ketones is 1. The molecule has 0 aliphatic rings. The molecule has 1 aromatic rings. The van der Waals surface area contributed by atoms with Crippen molar-refractivity contribution in [2.24, 2.45) is 0 Å². The van der Waals surface area contributed by atoms with Crippen molar-refractivity contribution < 1.29 is 19.0 Å². The number of phenolic OH excluding ortho intramolecular Hbond substituents is 1. The first-order chi connectivity index (χ1) is 6.97. The van der Waals surface area contributed by atoms with Crippen molar-refractivity contribution in [3.8, 4) is 11.5 Å². The van der Waals surface area contributed by atoms with E-state index >= 15 is 0 Å². The molecule has 0 fully saturated rings. The third-order valence-electron chi connectivity index (χ3n) is 1.88. The molecule has 3 nitrogen and oxygen atoms in total. The van der Waals surface area contributed by atoms with Gasteiger partial charge in [0.05, 0.1) is 7.11 Å². The number of Topliss-reactive ketones (excluding diaryl/α,β-unsaturated/α-hetero) is 1. The Hall–Kier alpha value is -1.10. The van der Waals surface area contributed by atoms with Gasteiger partial charge in [-0.25, -0.2) is 4.39 Å². The third-order valence-corrected chi connectivity index (χ3v) is 2.59. The normalized spacial score (nSPS) is 10.1. The zero-order valence-corrected chi connectivity index (χ0v) is 9.89. The number of carbonyl (C=O) groups is 1. The summed E-state index contributed by atoms with van der Waals surface area (Å²) in [6.07, 6.45) is -0.0386. The minimum absolute atomic E-state index is 0.0386. The molecule has 0 aromatic heterocycles. The summed E-state index contributed by atoms with van der Waals surface area (Å²) in [5.41, 5.74) is 0.192. The minimum atomic E-state index is -0.709. The summed E-state index contributed by atoms with van der Waals surface area (Å²) in [5.74, 6) is -1.41. The van der Waals surface area contributed by atoms with E-state index in [0.29, 0.717) is 4.47 Å². The molecule has 5 heteroatoms. The summed E-state index contributed by atoms with van der Waals surface area (Å²) in [6.45, 7) is 1.37. The molecule has 0 heterocycles. The highest BCUT2D eigenvalue weighted by Crippen LogP contribution is 2.36. The van der Waals surface area contributed by atoms with Gasteiger partial charge in [0, 0.05) is 16.5 Å². The monoisotopic (exact) mass is 276 g/mol. The Morgan fingerprint density at radius 2 is 2.27 bits per heavy atom. The first-order valence-electron chi connectivity index (χ1n) is 4.20. The Balaban J connectivity index is 3.32. The maximum Gasteiger partial charge on any atom is 0.196 e. The average molecular weight is 277 g/mol. The number of hydrogen-bond acceptors (Lipinski definition) is 3. The fourth-order valence-electron chi connectivity index (χ4n) is 1.23. The van der Waals surface area contributed by atoms with Crippen LogP contribution in [0.3, 0.4) is 0 Å². The second kappa shape index (κ2) is 4.61. The van der Waals surface area contributed by atoms with Gasteiger partial charge in [0.25, 0.3) is 0 Å². The van der Waals surface area contributed by atoms with Crippen molar-refractivity contribution in [3.05, 3.63) is 21.9 Å². The Morgan fingerprint density at radius 3 is 2.73 bits per heavy atom. The van der Waals surface area contributed by atoms with Gasteiger partial charge in [0.2, 0.25) is 0 Å². The van der Waals surface area contributed by atoms with Gasteiger partial charge in [0.15, 0.2) is 17.3 Å². The minimum Gasteiger partial charge on any atom is -0.504 e. The van der Waals surface area contributed by atoms with Crippen molar-refractivity contribution >= 4 is 21.7 Å². The van der Waals surface area contributed by atoms with Gasteiger partial charge in [-0.2, -0.15) is 0 Å². The fourth-order valence-corrected chi connectivity index (χ4v) is 1.76. The van der Waals surface area contributed by atoms with Crippen LogP contribution in [0.1, 0.15) is 12.5 Å². The predicted molar refractivity (Wildman–Crippen MR) is 56.7 cm³/mol. The summed E-state index contributed by atoms with van der Waals surface area (Å²) < 4.78 is 18.7. The Bertz CT molecular complexity index is 404. The second-order valence-corrected chi connectivity index (χ2v) is 3.94. The smallest absolute Gasteiger partial charge is 0.196 e. The lowest BCUT2D eigenvalue weighted by Gasteiger charge is -2.10. The van der Waals surface area contributed by atoms with Gasteiger partial charge < -0.3 is 9.84 Å². The molecular weight excluding hydrogens is 267 g/mol. The van der Waals surface area contributed by atoms with Crippen molar-refractivity contribution in [1.29, 1.82) is 0 Å². The lowest BCUT2D eigenvalue weighted by molar-refractivity contribution is -0.116. The van der Waals surface area contributed by atoms with Gasteiger partial charge in [-0.1, -0.05) is 15.9 Å². The average Bonchev–Trinajstić information content (AvgIpc) is 2.12. The quantitative estimate of drug-likeness (QED) is 0.923. The third kappa shape index (κ3) is 2.47. The predicted octanol–water partition coefficient (Wildman–Crippen LogP) is 2.43. The van der Waals surface area contributed by atoms with Crippen LogP contribution in [0.5, 0.6) is 11.5 Å². The van der Waals surface area contributed by atoms with Crippen LogP contribution >= 0.6 is 15.9 Å². The molecule has 0 aliphatic carbocycles. The molecule has 0 spiro atoms. The van der Waals surface area contributed by atoms with E-state index in [0.717, 1.165) is 0 Å². The fraction of sp³-hybridized carbons (Fsp3) is 0.300. The maximum absolute atomic E-state index is 13.7.